The summed E-state index contributed by atoms with van der Waals surface area (Å²) in [4.78, 5) is 15.3. The number of aromatic nitrogens is 3. The van der Waals surface area contributed by atoms with Crippen molar-refractivity contribution in [3.05, 3.63) is 42.4 Å². The standard InChI is InChI=1S/C13H11N5O2/c14-8-3-1-7(2-4-8)10-9(13(19)20)5-18-11(10)12(15)16-6-17-18/h1-6H,14H2,(H,19,20)(H2,15,16,17). The molecular weight excluding hydrogens is 258 g/mol. The van der Waals surface area contributed by atoms with E-state index in [9.17, 15) is 9.90 Å². The molecule has 7 nitrogen and oxygen atoms in total. The lowest BCUT2D eigenvalue weighted by Crippen LogP contribution is -1.99. The Labute approximate surface area is 113 Å². The average molecular weight is 269 g/mol. The van der Waals surface area contributed by atoms with Crippen molar-refractivity contribution in [1.29, 1.82) is 0 Å². The fraction of sp³-hybridized carbons (Fsp3) is 0. The van der Waals surface area contributed by atoms with Gasteiger partial charge in [-0.25, -0.2) is 14.3 Å². The summed E-state index contributed by atoms with van der Waals surface area (Å²) in [6.45, 7) is 0. The normalized spacial score (nSPS) is 10.8. The molecule has 3 rings (SSSR count). The fourth-order valence-electron chi connectivity index (χ4n) is 2.14. The highest BCUT2D eigenvalue weighted by molar-refractivity contribution is 6.04. The number of hydrogen-bond acceptors (Lipinski definition) is 5. The topological polar surface area (TPSA) is 120 Å². The summed E-state index contributed by atoms with van der Waals surface area (Å²) in [6, 6.07) is 6.88. The van der Waals surface area contributed by atoms with Gasteiger partial charge in [-0.2, -0.15) is 5.10 Å². The maximum absolute atomic E-state index is 11.4. The monoisotopic (exact) mass is 269 g/mol. The number of nitrogens with zero attached hydrogens (tertiary/aromatic N) is 3. The van der Waals surface area contributed by atoms with E-state index >= 15 is 0 Å². The minimum absolute atomic E-state index is 0.113. The van der Waals surface area contributed by atoms with Crippen LogP contribution in [0.3, 0.4) is 0 Å². The Bertz CT molecular complexity index is 807. The van der Waals surface area contributed by atoms with Crippen molar-refractivity contribution in [3.8, 4) is 11.1 Å². The van der Waals surface area contributed by atoms with Crippen LogP contribution >= 0.6 is 0 Å². The van der Waals surface area contributed by atoms with Crippen molar-refractivity contribution < 1.29 is 9.90 Å². The fourth-order valence-corrected chi connectivity index (χ4v) is 2.14. The molecule has 1 aromatic carbocycles. The van der Waals surface area contributed by atoms with Gasteiger partial charge in [0, 0.05) is 17.4 Å². The van der Waals surface area contributed by atoms with Crippen LogP contribution in [0.2, 0.25) is 0 Å². The Hall–Kier alpha value is -3.09. The second-order valence-corrected chi connectivity index (χ2v) is 4.28. The maximum atomic E-state index is 11.4. The first-order valence-electron chi connectivity index (χ1n) is 5.79. The third kappa shape index (κ3) is 1.72. The van der Waals surface area contributed by atoms with Crippen LogP contribution in [0.4, 0.5) is 11.5 Å². The van der Waals surface area contributed by atoms with Gasteiger partial charge in [0.25, 0.3) is 0 Å². The first kappa shape index (κ1) is 12.0. The molecule has 0 atom stereocenters. The number of hydrogen-bond donors (Lipinski definition) is 3. The minimum atomic E-state index is -1.05. The number of aromatic carboxylic acids is 1. The van der Waals surface area contributed by atoms with Crippen molar-refractivity contribution >= 4 is 23.0 Å². The highest BCUT2D eigenvalue weighted by Crippen LogP contribution is 2.32. The van der Waals surface area contributed by atoms with Gasteiger partial charge in [0.15, 0.2) is 5.82 Å². The average Bonchev–Trinajstić information content (AvgIpc) is 2.81. The van der Waals surface area contributed by atoms with Crippen molar-refractivity contribution in [2.75, 3.05) is 11.5 Å². The van der Waals surface area contributed by atoms with E-state index in [2.05, 4.69) is 10.1 Å². The number of anilines is 2. The van der Waals surface area contributed by atoms with Crippen molar-refractivity contribution in [1.82, 2.24) is 14.6 Å². The Morgan fingerprint density at radius 3 is 2.55 bits per heavy atom. The van der Waals surface area contributed by atoms with Gasteiger partial charge in [-0.15, -0.1) is 0 Å². The van der Waals surface area contributed by atoms with E-state index in [1.165, 1.54) is 17.0 Å². The molecule has 0 amide bonds. The van der Waals surface area contributed by atoms with Crippen LogP contribution in [0.5, 0.6) is 0 Å². The van der Waals surface area contributed by atoms with E-state index < -0.39 is 5.97 Å². The molecule has 20 heavy (non-hydrogen) atoms. The van der Waals surface area contributed by atoms with Crippen LogP contribution in [-0.4, -0.2) is 25.7 Å². The lowest BCUT2D eigenvalue weighted by Gasteiger charge is -2.04. The molecule has 0 aliphatic carbocycles. The molecule has 100 valence electrons. The molecule has 0 saturated carbocycles. The van der Waals surface area contributed by atoms with E-state index in [-0.39, 0.29) is 11.4 Å². The number of carboxylic acids is 1. The van der Waals surface area contributed by atoms with Crippen molar-refractivity contribution in [3.63, 3.8) is 0 Å². The highest BCUT2D eigenvalue weighted by atomic mass is 16.4. The van der Waals surface area contributed by atoms with Crippen LogP contribution in [-0.2, 0) is 0 Å². The van der Waals surface area contributed by atoms with Crippen LogP contribution in [0.25, 0.3) is 16.6 Å². The first-order chi connectivity index (χ1) is 9.58. The predicted molar refractivity (Wildman–Crippen MR) is 74.2 cm³/mol. The van der Waals surface area contributed by atoms with Gasteiger partial charge >= 0.3 is 5.97 Å². The predicted octanol–water partition coefficient (Wildman–Crippen LogP) is 1.26. The van der Waals surface area contributed by atoms with E-state index in [1.54, 1.807) is 24.3 Å². The maximum Gasteiger partial charge on any atom is 0.337 e. The Kier molecular flexibility index (Phi) is 2.53. The molecule has 0 fully saturated rings. The Morgan fingerprint density at radius 2 is 1.90 bits per heavy atom. The second kappa shape index (κ2) is 4.23. The number of rotatable bonds is 2. The first-order valence-corrected chi connectivity index (χ1v) is 5.79. The number of benzene rings is 1. The summed E-state index contributed by atoms with van der Waals surface area (Å²) < 4.78 is 1.41. The van der Waals surface area contributed by atoms with Crippen molar-refractivity contribution in [2.45, 2.75) is 0 Å². The van der Waals surface area contributed by atoms with E-state index in [4.69, 9.17) is 11.5 Å². The molecule has 2 heterocycles. The van der Waals surface area contributed by atoms with E-state index in [1.807, 2.05) is 0 Å². The summed E-state index contributed by atoms with van der Waals surface area (Å²) in [7, 11) is 0. The van der Waals surface area contributed by atoms with Crippen LogP contribution in [0.15, 0.2) is 36.8 Å². The number of carbonyl (C=O) groups is 1. The van der Waals surface area contributed by atoms with Crippen LogP contribution < -0.4 is 11.5 Å². The molecule has 0 radical (unpaired) electrons. The third-order valence-electron chi connectivity index (χ3n) is 3.03. The summed E-state index contributed by atoms with van der Waals surface area (Å²) >= 11 is 0. The summed E-state index contributed by atoms with van der Waals surface area (Å²) in [5.74, 6) is -0.832. The van der Waals surface area contributed by atoms with E-state index in [0.717, 1.165) is 0 Å². The number of nitrogen functional groups attached to an aromatic ring is 2. The van der Waals surface area contributed by atoms with Gasteiger partial charge in [0.2, 0.25) is 0 Å². The molecule has 2 aromatic heterocycles. The molecule has 0 saturated heterocycles. The van der Waals surface area contributed by atoms with Gasteiger partial charge in [-0.3, -0.25) is 0 Å². The molecule has 0 unspecified atom stereocenters. The smallest absolute Gasteiger partial charge is 0.337 e. The third-order valence-corrected chi connectivity index (χ3v) is 3.03. The molecule has 0 aliphatic rings. The van der Waals surface area contributed by atoms with Crippen molar-refractivity contribution in [2.24, 2.45) is 0 Å². The SMILES string of the molecule is Nc1ccc(-c2c(C(=O)O)cn3ncnc(N)c23)cc1. The van der Waals surface area contributed by atoms with Gasteiger partial charge < -0.3 is 16.6 Å². The summed E-state index contributed by atoms with van der Waals surface area (Å²) in [5.41, 5.74) is 13.9. The number of carboxylic acid groups (broad SMARTS) is 1. The van der Waals surface area contributed by atoms with Gasteiger partial charge in [-0.05, 0) is 17.7 Å². The van der Waals surface area contributed by atoms with Gasteiger partial charge in [0.05, 0.1) is 5.56 Å². The minimum Gasteiger partial charge on any atom is -0.478 e. The molecule has 0 spiro atoms. The molecular formula is C13H11N5O2. The quantitative estimate of drug-likeness (QED) is 0.602. The zero-order chi connectivity index (χ0) is 14.3. The number of fused-ring (bicyclic) bond motifs is 1. The molecule has 7 heteroatoms. The highest BCUT2D eigenvalue weighted by Gasteiger charge is 2.20. The summed E-state index contributed by atoms with van der Waals surface area (Å²) in [6.07, 6.45) is 2.70. The summed E-state index contributed by atoms with van der Waals surface area (Å²) in [5, 5.41) is 13.3. The Morgan fingerprint density at radius 1 is 1.20 bits per heavy atom. The zero-order valence-corrected chi connectivity index (χ0v) is 10.3. The molecule has 0 aliphatic heterocycles. The largest absolute Gasteiger partial charge is 0.478 e. The lowest BCUT2D eigenvalue weighted by molar-refractivity contribution is 0.0697. The van der Waals surface area contributed by atoms with E-state index in [0.29, 0.717) is 22.3 Å². The molecule has 3 aromatic rings. The second-order valence-electron chi connectivity index (χ2n) is 4.28. The Balaban J connectivity index is 2.39. The van der Waals surface area contributed by atoms with Crippen LogP contribution in [0.1, 0.15) is 10.4 Å². The zero-order valence-electron chi connectivity index (χ0n) is 10.3. The number of nitrogens with two attached hydrogens (primary N) is 2. The van der Waals surface area contributed by atoms with Crippen LogP contribution in [0, 0.1) is 0 Å². The lowest BCUT2D eigenvalue weighted by atomic mass is 10.0. The molecule has 5 N–H and O–H groups in total. The van der Waals surface area contributed by atoms with Gasteiger partial charge in [-0.1, -0.05) is 12.1 Å². The van der Waals surface area contributed by atoms with Gasteiger partial charge in [0.1, 0.15) is 11.8 Å². The molecule has 0 bridgehead atoms.